The second kappa shape index (κ2) is 5.65. The van der Waals surface area contributed by atoms with E-state index in [4.69, 9.17) is 5.73 Å². The summed E-state index contributed by atoms with van der Waals surface area (Å²) in [6.07, 6.45) is 8.14. The Labute approximate surface area is 132 Å². The first-order chi connectivity index (χ1) is 10.3. The van der Waals surface area contributed by atoms with Crippen LogP contribution in [0.15, 0.2) is 16.8 Å². The van der Waals surface area contributed by atoms with Gasteiger partial charge in [0.1, 0.15) is 0 Å². The fraction of sp³-hybridized carbons (Fsp3) is 0.765. The molecule has 0 spiro atoms. The fourth-order valence-electron chi connectivity index (χ4n) is 4.68. The van der Waals surface area contributed by atoms with E-state index in [1.807, 2.05) is 11.3 Å². The number of hydrogen-bond donors (Lipinski definition) is 1. The predicted molar refractivity (Wildman–Crippen MR) is 88.5 cm³/mol. The SMILES string of the molecule is NCC1(N(Cc2ccsc2)C2CC2)CCN2CCCCC21. The van der Waals surface area contributed by atoms with Crippen molar-refractivity contribution in [3.8, 4) is 0 Å². The largest absolute Gasteiger partial charge is 0.329 e. The summed E-state index contributed by atoms with van der Waals surface area (Å²) in [5.41, 5.74) is 8.13. The van der Waals surface area contributed by atoms with Crippen LogP contribution in [0.1, 0.15) is 44.1 Å². The lowest BCUT2D eigenvalue weighted by molar-refractivity contribution is 0.0250. The van der Waals surface area contributed by atoms with E-state index in [9.17, 15) is 0 Å². The van der Waals surface area contributed by atoms with Crippen molar-refractivity contribution in [2.24, 2.45) is 5.73 Å². The monoisotopic (exact) mass is 305 g/mol. The van der Waals surface area contributed by atoms with Crippen LogP contribution in [0.4, 0.5) is 0 Å². The van der Waals surface area contributed by atoms with Crippen LogP contribution in [0.5, 0.6) is 0 Å². The van der Waals surface area contributed by atoms with Crippen LogP contribution in [-0.4, -0.2) is 47.1 Å². The van der Waals surface area contributed by atoms with Gasteiger partial charge in [0, 0.05) is 31.7 Å². The predicted octanol–water partition coefficient (Wildman–Crippen LogP) is 2.67. The number of fused-ring (bicyclic) bond motifs is 1. The van der Waals surface area contributed by atoms with Crippen molar-refractivity contribution in [3.05, 3.63) is 22.4 Å². The van der Waals surface area contributed by atoms with Gasteiger partial charge >= 0.3 is 0 Å². The van der Waals surface area contributed by atoms with Crippen LogP contribution >= 0.6 is 11.3 Å². The number of piperidine rings is 1. The Morgan fingerprint density at radius 2 is 2.19 bits per heavy atom. The molecule has 116 valence electrons. The zero-order valence-electron chi connectivity index (χ0n) is 12.8. The summed E-state index contributed by atoms with van der Waals surface area (Å²) >= 11 is 1.82. The van der Waals surface area contributed by atoms with Gasteiger partial charge in [0.15, 0.2) is 0 Å². The number of nitrogens with zero attached hydrogens (tertiary/aromatic N) is 2. The molecule has 1 aromatic heterocycles. The Bertz CT molecular complexity index is 470. The minimum Gasteiger partial charge on any atom is -0.329 e. The first-order valence-electron chi connectivity index (χ1n) is 8.55. The molecule has 0 radical (unpaired) electrons. The number of hydrogen-bond acceptors (Lipinski definition) is 4. The lowest BCUT2D eigenvalue weighted by atomic mass is 9.83. The van der Waals surface area contributed by atoms with E-state index in [2.05, 4.69) is 26.6 Å². The molecule has 0 aromatic carbocycles. The molecule has 21 heavy (non-hydrogen) atoms. The highest BCUT2D eigenvalue weighted by atomic mass is 32.1. The van der Waals surface area contributed by atoms with Gasteiger partial charge in [-0.2, -0.15) is 11.3 Å². The Kier molecular flexibility index (Phi) is 3.82. The molecule has 3 nitrogen and oxygen atoms in total. The van der Waals surface area contributed by atoms with Crippen LogP contribution in [0.25, 0.3) is 0 Å². The Morgan fingerprint density at radius 3 is 2.90 bits per heavy atom. The van der Waals surface area contributed by atoms with Gasteiger partial charge in [-0.3, -0.25) is 9.80 Å². The molecule has 0 amide bonds. The van der Waals surface area contributed by atoms with Crippen molar-refractivity contribution >= 4 is 11.3 Å². The summed E-state index contributed by atoms with van der Waals surface area (Å²) in [6, 6.07) is 3.78. The Morgan fingerprint density at radius 1 is 1.29 bits per heavy atom. The second-order valence-electron chi connectivity index (χ2n) is 7.10. The molecule has 4 rings (SSSR count). The number of rotatable bonds is 5. The van der Waals surface area contributed by atoms with E-state index in [0.717, 1.165) is 19.1 Å². The third-order valence-electron chi connectivity index (χ3n) is 5.91. The molecule has 4 heteroatoms. The summed E-state index contributed by atoms with van der Waals surface area (Å²) in [6.45, 7) is 4.49. The molecule has 2 unspecified atom stereocenters. The maximum atomic E-state index is 6.41. The maximum Gasteiger partial charge on any atom is 0.0505 e. The van der Waals surface area contributed by atoms with Gasteiger partial charge in [0.2, 0.25) is 0 Å². The van der Waals surface area contributed by atoms with E-state index in [1.165, 1.54) is 57.2 Å². The first kappa shape index (κ1) is 14.2. The summed E-state index contributed by atoms with van der Waals surface area (Å²) in [5.74, 6) is 0. The molecule has 1 aromatic rings. The van der Waals surface area contributed by atoms with Crippen LogP contribution in [0.3, 0.4) is 0 Å². The normalized spacial score (nSPS) is 33.5. The molecular weight excluding hydrogens is 278 g/mol. The third kappa shape index (κ3) is 2.46. The van der Waals surface area contributed by atoms with Crippen molar-refractivity contribution < 1.29 is 0 Å². The van der Waals surface area contributed by atoms with Gasteiger partial charge in [0.25, 0.3) is 0 Å². The standard InChI is InChI=1S/C17H27N3S/c18-13-17(7-9-19-8-2-1-3-16(17)19)20(15-4-5-15)11-14-6-10-21-12-14/h6,10,12,15-16H,1-5,7-9,11,13,18H2. The Balaban J connectivity index is 1.62. The van der Waals surface area contributed by atoms with Crippen molar-refractivity contribution in [2.45, 2.75) is 62.7 Å². The Hall–Kier alpha value is -0.420. The maximum absolute atomic E-state index is 6.41. The molecule has 1 saturated carbocycles. The van der Waals surface area contributed by atoms with Crippen LogP contribution < -0.4 is 5.73 Å². The molecule has 2 atom stereocenters. The smallest absolute Gasteiger partial charge is 0.0505 e. The third-order valence-corrected chi connectivity index (χ3v) is 6.64. The molecular formula is C17H27N3S. The van der Waals surface area contributed by atoms with Gasteiger partial charge in [0.05, 0.1) is 5.54 Å². The fourth-order valence-corrected chi connectivity index (χ4v) is 5.34. The van der Waals surface area contributed by atoms with Gasteiger partial charge in [-0.05, 0) is 61.0 Å². The highest BCUT2D eigenvalue weighted by molar-refractivity contribution is 7.07. The van der Waals surface area contributed by atoms with Crippen molar-refractivity contribution in [3.63, 3.8) is 0 Å². The molecule has 2 N–H and O–H groups in total. The number of thiophene rings is 1. The molecule has 1 aliphatic carbocycles. The topological polar surface area (TPSA) is 32.5 Å². The molecule has 2 aliphatic heterocycles. The summed E-state index contributed by atoms with van der Waals surface area (Å²) < 4.78 is 0. The highest BCUT2D eigenvalue weighted by Gasteiger charge is 2.53. The average molecular weight is 305 g/mol. The summed E-state index contributed by atoms with van der Waals surface area (Å²) in [7, 11) is 0. The quantitative estimate of drug-likeness (QED) is 0.908. The minimum atomic E-state index is 0.240. The van der Waals surface area contributed by atoms with Crippen LogP contribution in [0, 0.1) is 0 Å². The lowest BCUT2D eigenvalue weighted by Crippen LogP contribution is -2.62. The van der Waals surface area contributed by atoms with E-state index in [-0.39, 0.29) is 5.54 Å². The molecule has 2 saturated heterocycles. The van der Waals surface area contributed by atoms with E-state index in [0.29, 0.717) is 6.04 Å². The van der Waals surface area contributed by atoms with Crippen LogP contribution in [0.2, 0.25) is 0 Å². The zero-order chi connectivity index (χ0) is 14.3. The summed E-state index contributed by atoms with van der Waals surface area (Å²) in [4.78, 5) is 5.55. The molecule has 3 aliphatic rings. The highest BCUT2D eigenvalue weighted by Crippen LogP contribution is 2.44. The molecule has 3 heterocycles. The van der Waals surface area contributed by atoms with Gasteiger partial charge in [-0.25, -0.2) is 0 Å². The van der Waals surface area contributed by atoms with E-state index in [1.54, 1.807) is 0 Å². The van der Waals surface area contributed by atoms with E-state index >= 15 is 0 Å². The van der Waals surface area contributed by atoms with Gasteiger partial charge < -0.3 is 5.73 Å². The van der Waals surface area contributed by atoms with Crippen molar-refractivity contribution in [1.29, 1.82) is 0 Å². The van der Waals surface area contributed by atoms with Gasteiger partial charge in [-0.15, -0.1) is 0 Å². The summed E-state index contributed by atoms with van der Waals surface area (Å²) in [5, 5.41) is 4.52. The molecule has 0 bridgehead atoms. The van der Waals surface area contributed by atoms with E-state index < -0.39 is 0 Å². The second-order valence-corrected chi connectivity index (χ2v) is 7.88. The minimum absolute atomic E-state index is 0.240. The first-order valence-corrected chi connectivity index (χ1v) is 9.50. The van der Waals surface area contributed by atoms with Crippen molar-refractivity contribution in [2.75, 3.05) is 19.6 Å². The van der Waals surface area contributed by atoms with Crippen molar-refractivity contribution in [1.82, 2.24) is 9.80 Å². The molecule has 3 fully saturated rings. The zero-order valence-corrected chi connectivity index (χ0v) is 13.7. The lowest BCUT2D eigenvalue weighted by Gasteiger charge is -2.48. The van der Waals surface area contributed by atoms with Crippen LogP contribution in [-0.2, 0) is 6.54 Å². The number of nitrogens with two attached hydrogens (primary N) is 1. The van der Waals surface area contributed by atoms with Gasteiger partial charge in [-0.1, -0.05) is 6.42 Å². The average Bonchev–Trinajstić information content (AvgIpc) is 3.10.